The number of anilines is 2. The maximum absolute atomic E-state index is 11.8. The van der Waals surface area contributed by atoms with E-state index in [4.69, 9.17) is 10.5 Å². The van der Waals surface area contributed by atoms with Gasteiger partial charge in [-0.1, -0.05) is 0 Å². The Kier molecular flexibility index (Phi) is 4.39. The number of nitrogen functional groups attached to an aromatic ring is 1. The molecule has 7 heteroatoms. The van der Waals surface area contributed by atoms with Crippen LogP contribution in [0.5, 0.6) is 0 Å². The molecule has 0 aromatic carbocycles. The van der Waals surface area contributed by atoms with Gasteiger partial charge in [-0.3, -0.25) is 0 Å². The number of aryl methyl sites for hydroxylation is 1. The smallest absolute Gasteiger partial charge is 0.343 e. The normalized spacial score (nSPS) is 16.2. The molecule has 2 heterocycles. The highest BCUT2D eigenvalue weighted by Crippen LogP contribution is 2.19. The van der Waals surface area contributed by atoms with Gasteiger partial charge < -0.3 is 20.3 Å². The van der Waals surface area contributed by atoms with Gasteiger partial charge in [0, 0.05) is 26.2 Å². The Bertz CT molecular complexity index is 475. The van der Waals surface area contributed by atoms with Crippen molar-refractivity contribution in [3.05, 3.63) is 11.3 Å². The number of esters is 1. The summed E-state index contributed by atoms with van der Waals surface area (Å²) in [6.45, 7) is 7.44. The molecule has 20 heavy (non-hydrogen) atoms. The van der Waals surface area contributed by atoms with Crippen molar-refractivity contribution in [1.29, 1.82) is 0 Å². The largest absolute Gasteiger partial charge is 0.462 e. The summed E-state index contributed by atoms with van der Waals surface area (Å²) in [5.41, 5.74) is 6.73. The fourth-order valence-electron chi connectivity index (χ4n) is 2.18. The summed E-state index contributed by atoms with van der Waals surface area (Å²) >= 11 is 0. The maximum atomic E-state index is 11.8. The van der Waals surface area contributed by atoms with Crippen LogP contribution in [0.4, 0.5) is 11.8 Å². The van der Waals surface area contributed by atoms with Crippen molar-refractivity contribution in [1.82, 2.24) is 14.9 Å². The highest BCUT2D eigenvalue weighted by atomic mass is 16.5. The summed E-state index contributed by atoms with van der Waals surface area (Å²) in [7, 11) is 2.08. The highest BCUT2D eigenvalue weighted by Gasteiger charge is 2.22. The molecule has 1 aliphatic rings. The molecule has 0 saturated carbocycles. The number of nitrogens with two attached hydrogens (primary N) is 1. The highest BCUT2D eigenvalue weighted by molar-refractivity contribution is 5.95. The lowest BCUT2D eigenvalue weighted by Gasteiger charge is -2.32. The van der Waals surface area contributed by atoms with Gasteiger partial charge in [0.05, 0.1) is 12.3 Å². The van der Waals surface area contributed by atoms with Crippen LogP contribution in [0, 0.1) is 6.92 Å². The van der Waals surface area contributed by atoms with Gasteiger partial charge in [-0.15, -0.1) is 0 Å². The Hall–Kier alpha value is -1.89. The van der Waals surface area contributed by atoms with Crippen molar-refractivity contribution in [3.63, 3.8) is 0 Å². The Morgan fingerprint density at radius 2 is 1.95 bits per heavy atom. The van der Waals surface area contributed by atoms with Crippen molar-refractivity contribution < 1.29 is 9.53 Å². The monoisotopic (exact) mass is 279 g/mol. The van der Waals surface area contributed by atoms with Crippen LogP contribution in [0.15, 0.2) is 0 Å². The number of ether oxygens (including phenoxy) is 1. The standard InChI is InChI=1S/C13H21N5O2/c1-4-20-12(19)10-9(2)15-13(16-11(10)14)18-7-5-17(3)6-8-18/h4-8H2,1-3H3,(H2,14,15,16). The molecule has 0 atom stereocenters. The van der Waals surface area contributed by atoms with Gasteiger partial charge >= 0.3 is 5.97 Å². The third-order valence-electron chi connectivity index (χ3n) is 3.37. The van der Waals surface area contributed by atoms with Crippen LogP contribution < -0.4 is 10.6 Å². The zero-order valence-electron chi connectivity index (χ0n) is 12.2. The summed E-state index contributed by atoms with van der Waals surface area (Å²) in [4.78, 5) is 24.8. The average molecular weight is 279 g/mol. The second-order valence-electron chi connectivity index (χ2n) is 4.88. The number of carbonyl (C=O) groups excluding carboxylic acids is 1. The van der Waals surface area contributed by atoms with E-state index in [1.165, 1.54) is 0 Å². The van der Waals surface area contributed by atoms with Gasteiger partial charge in [0.2, 0.25) is 5.95 Å². The molecule has 1 fully saturated rings. The molecule has 7 nitrogen and oxygen atoms in total. The minimum atomic E-state index is -0.465. The van der Waals surface area contributed by atoms with Gasteiger partial charge in [0.1, 0.15) is 11.4 Å². The fourth-order valence-corrected chi connectivity index (χ4v) is 2.18. The van der Waals surface area contributed by atoms with Crippen molar-refractivity contribution >= 4 is 17.7 Å². The predicted molar refractivity (Wildman–Crippen MR) is 76.8 cm³/mol. The SMILES string of the molecule is CCOC(=O)c1c(C)nc(N2CCN(C)CC2)nc1N. The first kappa shape index (κ1) is 14.5. The lowest BCUT2D eigenvalue weighted by atomic mass is 10.2. The van der Waals surface area contributed by atoms with E-state index in [1.807, 2.05) is 0 Å². The molecule has 0 radical (unpaired) electrons. The Balaban J connectivity index is 2.23. The van der Waals surface area contributed by atoms with E-state index in [9.17, 15) is 4.79 Å². The van der Waals surface area contributed by atoms with Crippen LogP contribution in [-0.2, 0) is 4.74 Å². The minimum absolute atomic E-state index is 0.185. The molecule has 0 aliphatic carbocycles. The molecule has 0 bridgehead atoms. The summed E-state index contributed by atoms with van der Waals surface area (Å²) in [6, 6.07) is 0. The van der Waals surface area contributed by atoms with E-state index in [-0.39, 0.29) is 11.4 Å². The summed E-state index contributed by atoms with van der Waals surface area (Å²) in [5.74, 6) is 0.304. The first-order valence-corrected chi connectivity index (χ1v) is 6.77. The maximum Gasteiger partial charge on any atom is 0.343 e. The molecule has 0 spiro atoms. The van der Waals surface area contributed by atoms with Crippen LogP contribution in [0.1, 0.15) is 23.0 Å². The molecule has 1 aromatic heterocycles. The van der Waals surface area contributed by atoms with Crippen molar-refractivity contribution in [2.45, 2.75) is 13.8 Å². The molecule has 1 aromatic rings. The number of carbonyl (C=O) groups is 1. The van der Waals surface area contributed by atoms with Gasteiger partial charge in [0.25, 0.3) is 0 Å². The number of piperazine rings is 1. The molecule has 2 rings (SSSR count). The van der Waals surface area contributed by atoms with Crippen LogP contribution in [0.25, 0.3) is 0 Å². The van der Waals surface area contributed by atoms with Crippen molar-refractivity contribution in [2.75, 3.05) is 50.5 Å². The Morgan fingerprint density at radius 3 is 2.50 bits per heavy atom. The second-order valence-corrected chi connectivity index (χ2v) is 4.88. The molecule has 110 valence electrons. The van der Waals surface area contributed by atoms with E-state index >= 15 is 0 Å². The number of nitrogens with zero attached hydrogens (tertiary/aromatic N) is 4. The van der Waals surface area contributed by atoms with Gasteiger partial charge in [-0.2, -0.15) is 4.98 Å². The number of likely N-dealkylation sites (N-methyl/N-ethyl adjacent to an activating group) is 1. The Morgan fingerprint density at radius 1 is 1.30 bits per heavy atom. The number of hydrogen-bond acceptors (Lipinski definition) is 7. The molecular formula is C13H21N5O2. The predicted octanol–water partition coefficient (Wildman–Crippen LogP) is 0.296. The van der Waals surface area contributed by atoms with E-state index < -0.39 is 5.97 Å². The molecule has 0 unspecified atom stereocenters. The van der Waals surface area contributed by atoms with Gasteiger partial charge in [-0.25, -0.2) is 9.78 Å². The van der Waals surface area contributed by atoms with Crippen molar-refractivity contribution in [3.8, 4) is 0 Å². The summed E-state index contributed by atoms with van der Waals surface area (Å²) in [5, 5.41) is 0. The van der Waals surface area contributed by atoms with Crippen LogP contribution in [0.3, 0.4) is 0 Å². The minimum Gasteiger partial charge on any atom is -0.462 e. The number of rotatable bonds is 3. The van der Waals surface area contributed by atoms with Crippen LogP contribution in [-0.4, -0.2) is 60.7 Å². The van der Waals surface area contributed by atoms with Crippen molar-refractivity contribution in [2.24, 2.45) is 0 Å². The molecule has 2 N–H and O–H groups in total. The number of hydrogen-bond donors (Lipinski definition) is 1. The third kappa shape index (κ3) is 2.98. The zero-order valence-corrected chi connectivity index (χ0v) is 12.2. The average Bonchev–Trinajstić information content (AvgIpc) is 2.39. The molecular weight excluding hydrogens is 258 g/mol. The molecule has 1 saturated heterocycles. The lowest BCUT2D eigenvalue weighted by molar-refractivity contribution is 0.0526. The van der Waals surface area contributed by atoms with Crippen LogP contribution in [0.2, 0.25) is 0 Å². The summed E-state index contributed by atoms with van der Waals surface area (Å²) in [6.07, 6.45) is 0. The third-order valence-corrected chi connectivity index (χ3v) is 3.37. The first-order chi connectivity index (χ1) is 9.52. The van der Waals surface area contributed by atoms with Crippen LogP contribution >= 0.6 is 0 Å². The molecule has 1 aliphatic heterocycles. The van der Waals surface area contributed by atoms with Gasteiger partial charge in [-0.05, 0) is 20.9 Å². The zero-order chi connectivity index (χ0) is 14.7. The van der Waals surface area contributed by atoms with Gasteiger partial charge in [0.15, 0.2) is 0 Å². The topological polar surface area (TPSA) is 84.6 Å². The summed E-state index contributed by atoms with van der Waals surface area (Å²) < 4.78 is 4.97. The Labute approximate surface area is 118 Å². The molecule has 0 amide bonds. The van der Waals surface area contributed by atoms with E-state index in [0.29, 0.717) is 18.2 Å². The quantitative estimate of drug-likeness (QED) is 0.796. The van der Waals surface area contributed by atoms with E-state index in [2.05, 4.69) is 26.8 Å². The van der Waals surface area contributed by atoms with E-state index in [0.717, 1.165) is 26.2 Å². The second kappa shape index (κ2) is 6.04. The number of aromatic nitrogens is 2. The van der Waals surface area contributed by atoms with E-state index in [1.54, 1.807) is 13.8 Å². The fraction of sp³-hybridized carbons (Fsp3) is 0.615. The first-order valence-electron chi connectivity index (χ1n) is 6.77. The lowest BCUT2D eigenvalue weighted by Crippen LogP contribution is -2.45.